The molecule has 0 fully saturated rings. The first-order valence-electron chi connectivity index (χ1n) is 4.87. The topological polar surface area (TPSA) is 51.8 Å². The molecule has 2 aromatic heterocycles. The van der Waals surface area contributed by atoms with Crippen molar-refractivity contribution in [3.8, 4) is 0 Å². The van der Waals surface area contributed by atoms with Crippen LogP contribution in [0.5, 0.6) is 0 Å². The lowest BCUT2D eigenvalue weighted by molar-refractivity contribution is 0.964. The van der Waals surface area contributed by atoms with Gasteiger partial charge in [-0.3, -0.25) is 9.97 Å². The van der Waals surface area contributed by atoms with Crippen LogP contribution in [0.2, 0.25) is 0 Å². The summed E-state index contributed by atoms with van der Waals surface area (Å²) in [6.07, 6.45) is 8.01. The Morgan fingerprint density at radius 1 is 0.867 bits per heavy atom. The molecular formula is C12H15N3. The monoisotopic (exact) mass is 201 g/mol. The van der Waals surface area contributed by atoms with Crippen LogP contribution in [-0.2, 0) is 6.42 Å². The first-order chi connectivity index (χ1) is 7.43. The van der Waals surface area contributed by atoms with Gasteiger partial charge in [0.25, 0.3) is 0 Å². The van der Waals surface area contributed by atoms with Gasteiger partial charge in [-0.15, -0.1) is 0 Å². The second-order valence-corrected chi connectivity index (χ2v) is 2.92. The van der Waals surface area contributed by atoms with Crippen molar-refractivity contribution in [1.82, 2.24) is 9.97 Å². The molecule has 0 atom stereocenters. The normalized spacial score (nSPS) is 8.87. The molecule has 0 saturated heterocycles. The number of nitrogens with zero attached hydrogens (tertiary/aromatic N) is 2. The Balaban J connectivity index is 0.000000162. The molecule has 2 aromatic rings. The predicted octanol–water partition coefficient (Wildman–Crippen LogP) is 1.66. The molecule has 0 aliphatic rings. The third-order valence-corrected chi connectivity index (χ3v) is 1.75. The molecule has 78 valence electrons. The summed E-state index contributed by atoms with van der Waals surface area (Å²) in [6.45, 7) is 0.712. The Kier molecular flexibility index (Phi) is 5.78. The van der Waals surface area contributed by atoms with E-state index in [2.05, 4.69) is 9.97 Å². The Morgan fingerprint density at radius 2 is 1.47 bits per heavy atom. The Hall–Kier alpha value is -1.74. The molecular weight excluding hydrogens is 186 g/mol. The van der Waals surface area contributed by atoms with Gasteiger partial charge in [0.15, 0.2) is 0 Å². The first-order valence-corrected chi connectivity index (χ1v) is 4.87. The van der Waals surface area contributed by atoms with Crippen molar-refractivity contribution in [2.24, 2.45) is 5.73 Å². The van der Waals surface area contributed by atoms with Crippen molar-refractivity contribution >= 4 is 0 Å². The fourth-order valence-electron chi connectivity index (χ4n) is 1.03. The van der Waals surface area contributed by atoms with Crippen LogP contribution in [0, 0.1) is 0 Å². The average molecular weight is 201 g/mol. The number of hydrogen-bond donors (Lipinski definition) is 1. The number of pyridine rings is 2. The second kappa shape index (κ2) is 7.64. The lowest BCUT2D eigenvalue weighted by atomic mass is 10.2. The molecule has 0 unspecified atom stereocenters. The number of aromatic nitrogens is 2. The van der Waals surface area contributed by atoms with E-state index in [4.69, 9.17) is 5.73 Å². The van der Waals surface area contributed by atoms with Crippen molar-refractivity contribution in [2.45, 2.75) is 6.42 Å². The predicted molar refractivity (Wildman–Crippen MR) is 61.2 cm³/mol. The number of rotatable bonds is 2. The van der Waals surface area contributed by atoms with E-state index in [-0.39, 0.29) is 0 Å². The van der Waals surface area contributed by atoms with Crippen LogP contribution >= 0.6 is 0 Å². The van der Waals surface area contributed by atoms with E-state index in [1.54, 1.807) is 24.8 Å². The van der Waals surface area contributed by atoms with E-state index >= 15 is 0 Å². The standard InChI is InChI=1S/C7H10N2.C5H5N/c8-4-1-7-2-5-9-6-3-7;1-2-4-6-5-3-1/h2-3,5-6H,1,4,8H2;1-5H. The molecule has 0 saturated carbocycles. The highest BCUT2D eigenvalue weighted by atomic mass is 14.6. The highest BCUT2D eigenvalue weighted by Crippen LogP contribution is 1.94. The summed E-state index contributed by atoms with van der Waals surface area (Å²) >= 11 is 0. The molecule has 0 aliphatic carbocycles. The molecule has 0 radical (unpaired) electrons. The lowest BCUT2D eigenvalue weighted by Crippen LogP contribution is -2.02. The SMILES string of the molecule is NCCc1ccncc1.c1ccncc1. The largest absolute Gasteiger partial charge is 0.330 e. The molecule has 0 aliphatic heterocycles. The van der Waals surface area contributed by atoms with Gasteiger partial charge in [0.05, 0.1) is 0 Å². The molecule has 3 nitrogen and oxygen atoms in total. The van der Waals surface area contributed by atoms with Crippen LogP contribution < -0.4 is 5.73 Å². The second-order valence-electron chi connectivity index (χ2n) is 2.92. The molecule has 2 rings (SSSR count). The lowest BCUT2D eigenvalue weighted by Gasteiger charge is -1.93. The van der Waals surface area contributed by atoms with Gasteiger partial charge in [0.1, 0.15) is 0 Å². The quantitative estimate of drug-likeness (QED) is 0.804. The Bertz CT molecular complexity index is 308. The van der Waals surface area contributed by atoms with Crippen LogP contribution in [0.3, 0.4) is 0 Å². The Labute approximate surface area is 90.0 Å². The number of nitrogens with two attached hydrogens (primary N) is 1. The third-order valence-electron chi connectivity index (χ3n) is 1.75. The zero-order chi connectivity index (χ0) is 10.8. The maximum Gasteiger partial charge on any atom is 0.0270 e. The summed E-state index contributed by atoms with van der Waals surface area (Å²) in [5, 5.41) is 0. The van der Waals surface area contributed by atoms with E-state index < -0.39 is 0 Å². The van der Waals surface area contributed by atoms with Gasteiger partial charge in [0.2, 0.25) is 0 Å². The number of hydrogen-bond acceptors (Lipinski definition) is 3. The van der Waals surface area contributed by atoms with Crippen molar-refractivity contribution in [3.05, 3.63) is 60.7 Å². The van der Waals surface area contributed by atoms with Gasteiger partial charge >= 0.3 is 0 Å². The first kappa shape index (κ1) is 11.3. The molecule has 0 bridgehead atoms. The smallest absolute Gasteiger partial charge is 0.0270 e. The minimum atomic E-state index is 0.712. The molecule has 15 heavy (non-hydrogen) atoms. The van der Waals surface area contributed by atoms with Gasteiger partial charge in [0, 0.05) is 24.8 Å². The molecule has 0 amide bonds. The maximum absolute atomic E-state index is 5.34. The van der Waals surface area contributed by atoms with Gasteiger partial charge in [-0.05, 0) is 42.8 Å². The van der Waals surface area contributed by atoms with E-state index in [1.165, 1.54) is 5.56 Å². The minimum Gasteiger partial charge on any atom is -0.330 e. The average Bonchev–Trinajstić information content (AvgIpc) is 2.34. The van der Waals surface area contributed by atoms with Crippen molar-refractivity contribution in [2.75, 3.05) is 6.54 Å². The minimum absolute atomic E-state index is 0.712. The van der Waals surface area contributed by atoms with E-state index in [1.807, 2.05) is 30.3 Å². The van der Waals surface area contributed by atoms with Gasteiger partial charge < -0.3 is 5.73 Å². The van der Waals surface area contributed by atoms with E-state index in [0.717, 1.165) is 6.42 Å². The van der Waals surface area contributed by atoms with Crippen LogP contribution in [-0.4, -0.2) is 16.5 Å². The molecule has 2 N–H and O–H groups in total. The van der Waals surface area contributed by atoms with Crippen LogP contribution in [0.25, 0.3) is 0 Å². The van der Waals surface area contributed by atoms with Crippen LogP contribution in [0.1, 0.15) is 5.56 Å². The highest BCUT2D eigenvalue weighted by Gasteiger charge is 1.85. The summed E-state index contributed by atoms with van der Waals surface area (Å²) < 4.78 is 0. The van der Waals surface area contributed by atoms with Gasteiger partial charge in [-0.2, -0.15) is 0 Å². The van der Waals surface area contributed by atoms with E-state index in [9.17, 15) is 0 Å². The van der Waals surface area contributed by atoms with Gasteiger partial charge in [-0.1, -0.05) is 6.07 Å². The zero-order valence-electron chi connectivity index (χ0n) is 8.58. The molecule has 0 spiro atoms. The van der Waals surface area contributed by atoms with Crippen molar-refractivity contribution in [3.63, 3.8) is 0 Å². The summed E-state index contributed by atoms with van der Waals surface area (Å²) in [6, 6.07) is 9.67. The fraction of sp³-hybridized carbons (Fsp3) is 0.167. The molecule has 2 heterocycles. The van der Waals surface area contributed by atoms with Crippen molar-refractivity contribution in [1.29, 1.82) is 0 Å². The highest BCUT2D eigenvalue weighted by molar-refractivity contribution is 5.09. The summed E-state index contributed by atoms with van der Waals surface area (Å²) in [4.78, 5) is 7.67. The maximum atomic E-state index is 5.34. The van der Waals surface area contributed by atoms with Gasteiger partial charge in [-0.25, -0.2) is 0 Å². The third kappa shape index (κ3) is 5.54. The summed E-state index contributed by atoms with van der Waals surface area (Å²) in [5.74, 6) is 0. The fourth-order valence-corrected chi connectivity index (χ4v) is 1.03. The van der Waals surface area contributed by atoms with E-state index in [0.29, 0.717) is 6.54 Å². The zero-order valence-corrected chi connectivity index (χ0v) is 8.58. The molecule has 3 heteroatoms. The molecule has 0 aromatic carbocycles. The summed E-state index contributed by atoms with van der Waals surface area (Å²) in [7, 11) is 0. The Morgan fingerprint density at radius 3 is 1.87 bits per heavy atom. The van der Waals surface area contributed by atoms with Crippen LogP contribution in [0.4, 0.5) is 0 Å². The van der Waals surface area contributed by atoms with Crippen LogP contribution in [0.15, 0.2) is 55.1 Å². The van der Waals surface area contributed by atoms with Crippen molar-refractivity contribution < 1.29 is 0 Å². The summed E-state index contributed by atoms with van der Waals surface area (Å²) in [5.41, 5.74) is 6.60.